The molecule has 2 atom stereocenters. The fraction of sp³-hybridized carbons (Fsp3) is 0.522. The first-order valence-corrected chi connectivity index (χ1v) is 10.8. The number of oxazole rings is 1. The number of amides is 2. The van der Waals surface area contributed by atoms with Crippen LogP contribution in [-0.2, 0) is 0 Å². The van der Waals surface area contributed by atoms with Crippen LogP contribution in [0.2, 0.25) is 0 Å². The van der Waals surface area contributed by atoms with Crippen LogP contribution in [0, 0.1) is 5.92 Å². The average molecular weight is 430 g/mol. The van der Waals surface area contributed by atoms with Gasteiger partial charge in [0.2, 0.25) is 5.89 Å². The number of nitrogens with zero attached hydrogens (tertiary/aromatic N) is 2. The lowest BCUT2D eigenvalue weighted by molar-refractivity contribution is 0.0912. The molecule has 0 aliphatic heterocycles. The topological polar surface area (TPSA) is 99.5 Å². The van der Waals surface area contributed by atoms with Gasteiger partial charge >= 0.3 is 0 Å². The molecule has 8 heteroatoms. The highest BCUT2D eigenvalue weighted by molar-refractivity contribution is 5.95. The SMILES string of the molecule is CC[C@H](C)[C@H](NC(=O)c1ccc(N(C)C)cc1)c1nc(C(=O)NCCCCNC)co1. The van der Waals surface area contributed by atoms with Crippen molar-refractivity contribution in [2.75, 3.05) is 39.1 Å². The number of carbonyl (C=O) groups is 2. The van der Waals surface area contributed by atoms with E-state index in [1.807, 2.05) is 52.0 Å². The molecule has 170 valence electrons. The molecule has 2 rings (SSSR count). The Hall–Kier alpha value is -2.87. The van der Waals surface area contributed by atoms with Gasteiger partial charge in [0.05, 0.1) is 0 Å². The zero-order chi connectivity index (χ0) is 22.8. The minimum atomic E-state index is -0.428. The van der Waals surface area contributed by atoms with Crippen molar-refractivity contribution in [3.63, 3.8) is 0 Å². The summed E-state index contributed by atoms with van der Waals surface area (Å²) in [6.07, 6.45) is 4.04. The normalized spacial score (nSPS) is 12.8. The van der Waals surface area contributed by atoms with E-state index in [0.717, 1.165) is 31.5 Å². The largest absolute Gasteiger partial charge is 0.446 e. The average Bonchev–Trinajstić information content (AvgIpc) is 3.26. The van der Waals surface area contributed by atoms with Crippen LogP contribution in [0.5, 0.6) is 0 Å². The number of aromatic nitrogens is 1. The van der Waals surface area contributed by atoms with E-state index in [1.54, 1.807) is 12.1 Å². The summed E-state index contributed by atoms with van der Waals surface area (Å²) >= 11 is 0. The molecule has 2 amide bonds. The molecule has 0 spiro atoms. The smallest absolute Gasteiger partial charge is 0.273 e. The van der Waals surface area contributed by atoms with Crippen LogP contribution >= 0.6 is 0 Å². The van der Waals surface area contributed by atoms with Gasteiger partial charge in [0.25, 0.3) is 11.8 Å². The number of unbranched alkanes of at least 4 members (excludes halogenated alkanes) is 1. The van der Waals surface area contributed by atoms with Crippen molar-refractivity contribution in [2.24, 2.45) is 5.92 Å². The summed E-state index contributed by atoms with van der Waals surface area (Å²) in [5.41, 5.74) is 1.80. The van der Waals surface area contributed by atoms with Crippen LogP contribution in [-0.4, -0.2) is 51.0 Å². The van der Waals surface area contributed by atoms with Gasteiger partial charge in [-0.25, -0.2) is 4.98 Å². The quantitative estimate of drug-likeness (QED) is 0.449. The Kier molecular flexibility index (Phi) is 9.52. The van der Waals surface area contributed by atoms with E-state index in [0.29, 0.717) is 18.0 Å². The Balaban J connectivity index is 2.05. The molecule has 3 N–H and O–H groups in total. The van der Waals surface area contributed by atoms with Crippen molar-refractivity contribution in [1.29, 1.82) is 0 Å². The van der Waals surface area contributed by atoms with Crippen molar-refractivity contribution >= 4 is 17.5 Å². The molecule has 0 saturated carbocycles. The first kappa shape index (κ1) is 24.4. The zero-order valence-electron chi connectivity index (χ0n) is 19.2. The van der Waals surface area contributed by atoms with Crippen molar-refractivity contribution in [1.82, 2.24) is 20.9 Å². The summed E-state index contributed by atoms with van der Waals surface area (Å²) in [6.45, 7) is 5.55. The predicted molar refractivity (Wildman–Crippen MR) is 122 cm³/mol. The lowest BCUT2D eigenvalue weighted by Gasteiger charge is -2.21. The van der Waals surface area contributed by atoms with Gasteiger partial charge in [0.15, 0.2) is 5.69 Å². The summed E-state index contributed by atoms with van der Waals surface area (Å²) < 4.78 is 5.60. The minimum absolute atomic E-state index is 0.0844. The van der Waals surface area contributed by atoms with Crippen LogP contribution in [0.4, 0.5) is 5.69 Å². The second-order valence-corrected chi connectivity index (χ2v) is 7.92. The highest BCUT2D eigenvalue weighted by atomic mass is 16.3. The van der Waals surface area contributed by atoms with E-state index in [2.05, 4.69) is 20.9 Å². The third-order valence-corrected chi connectivity index (χ3v) is 5.31. The molecular formula is C23H35N5O3. The number of rotatable bonds is 12. The zero-order valence-corrected chi connectivity index (χ0v) is 19.2. The number of anilines is 1. The van der Waals surface area contributed by atoms with Crippen LogP contribution in [0.15, 0.2) is 34.9 Å². The first-order valence-electron chi connectivity index (χ1n) is 10.8. The highest BCUT2D eigenvalue weighted by Gasteiger charge is 2.26. The van der Waals surface area contributed by atoms with Crippen molar-refractivity contribution < 1.29 is 14.0 Å². The van der Waals surface area contributed by atoms with Crippen LogP contribution in [0.25, 0.3) is 0 Å². The Morgan fingerprint density at radius 3 is 2.39 bits per heavy atom. The standard InChI is InChI=1S/C23H35N5O3/c1-6-16(2)20(27-21(29)17-9-11-18(12-10-17)28(4)5)23-26-19(15-31-23)22(30)25-14-8-7-13-24-3/h9-12,15-16,20,24H,6-8,13-14H2,1-5H3,(H,25,30)(H,27,29)/t16-,20-/m0/s1. The Bertz CT molecular complexity index is 832. The number of nitrogens with one attached hydrogen (secondary N) is 3. The molecule has 31 heavy (non-hydrogen) atoms. The van der Waals surface area contributed by atoms with Gasteiger partial charge in [-0.05, 0) is 56.6 Å². The van der Waals surface area contributed by atoms with E-state index in [-0.39, 0.29) is 23.4 Å². The molecule has 2 aromatic rings. The molecule has 0 saturated heterocycles. The molecule has 1 heterocycles. The van der Waals surface area contributed by atoms with Crippen molar-refractivity contribution in [3.05, 3.63) is 47.7 Å². The van der Waals surface area contributed by atoms with Crippen LogP contribution in [0.3, 0.4) is 0 Å². The summed E-state index contributed by atoms with van der Waals surface area (Å²) in [7, 11) is 5.81. The van der Waals surface area contributed by atoms with Gasteiger partial charge in [-0.2, -0.15) is 0 Å². The monoisotopic (exact) mass is 429 g/mol. The van der Waals surface area contributed by atoms with E-state index in [4.69, 9.17) is 4.42 Å². The summed E-state index contributed by atoms with van der Waals surface area (Å²) in [6, 6.07) is 6.96. The molecule has 0 fully saturated rings. The fourth-order valence-electron chi connectivity index (χ4n) is 3.07. The maximum atomic E-state index is 12.8. The Labute approximate surface area is 184 Å². The van der Waals surface area contributed by atoms with Gasteiger partial charge in [0.1, 0.15) is 12.3 Å². The predicted octanol–water partition coefficient (Wildman–Crippen LogP) is 2.99. The van der Waals surface area contributed by atoms with E-state index >= 15 is 0 Å². The summed E-state index contributed by atoms with van der Waals surface area (Å²) in [4.78, 5) is 31.5. The highest BCUT2D eigenvalue weighted by Crippen LogP contribution is 2.25. The minimum Gasteiger partial charge on any atom is -0.446 e. The summed E-state index contributed by atoms with van der Waals surface area (Å²) in [5.74, 6) is -0.0497. The number of hydrogen-bond donors (Lipinski definition) is 3. The molecule has 0 bridgehead atoms. The number of hydrogen-bond acceptors (Lipinski definition) is 6. The molecule has 0 aliphatic rings. The van der Waals surface area contributed by atoms with Gasteiger partial charge in [-0.3, -0.25) is 9.59 Å². The van der Waals surface area contributed by atoms with Gasteiger partial charge in [-0.15, -0.1) is 0 Å². The molecule has 0 unspecified atom stereocenters. The van der Waals surface area contributed by atoms with Crippen LogP contribution in [0.1, 0.15) is 65.9 Å². The Morgan fingerprint density at radius 1 is 1.10 bits per heavy atom. The van der Waals surface area contributed by atoms with Crippen molar-refractivity contribution in [3.8, 4) is 0 Å². The van der Waals surface area contributed by atoms with E-state index < -0.39 is 6.04 Å². The molecule has 8 nitrogen and oxygen atoms in total. The van der Waals surface area contributed by atoms with Gasteiger partial charge in [-0.1, -0.05) is 20.3 Å². The number of carbonyl (C=O) groups excluding carboxylic acids is 2. The lowest BCUT2D eigenvalue weighted by Crippen LogP contribution is -2.33. The van der Waals surface area contributed by atoms with Crippen molar-refractivity contribution in [2.45, 2.75) is 39.2 Å². The van der Waals surface area contributed by atoms with Gasteiger partial charge in [0, 0.05) is 31.9 Å². The third kappa shape index (κ3) is 7.10. The van der Waals surface area contributed by atoms with E-state index in [1.165, 1.54) is 6.26 Å². The molecule has 0 aliphatic carbocycles. The molecule has 1 aromatic carbocycles. The van der Waals surface area contributed by atoms with E-state index in [9.17, 15) is 9.59 Å². The summed E-state index contributed by atoms with van der Waals surface area (Å²) in [5, 5.41) is 8.95. The maximum absolute atomic E-state index is 12.8. The number of benzene rings is 1. The third-order valence-electron chi connectivity index (χ3n) is 5.31. The lowest BCUT2D eigenvalue weighted by atomic mass is 9.98. The van der Waals surface area contributed by atoms with Gasteiger partial charge < -0.3 is 25.3 Å². The first-order chi connectivity index (χ1) is 14.9. The van der Waals surface area contributed by atoms with Crippen LogP contribution < -0.4 is 20.9 Å². The second-order valence-electron chi connectivity index (χ2n) is 7.92. The molecule has 1 aromatic heterocycles. The second kappa shape index (κ2) is 12.1. The maximum Gasteiger partial charge on any atom is 0.273 e. The fourth-order valence-corrected chi connectivity index (χ4v) is 3.07. The molecule has 0 radical (unpaired) electrons. The Morgan fingerprint density at radius 2 is 1.77 bits per heavy atom. The molecular weight excluding hydrogens is 394 g/mol.